The molecule has 0 bridgehead atoms. The van der Waals surface area contributed by atoms with Gasteiger partial charge in [-0.1, -0.05) is 0 Å². The van der Waals surface area contributed by atoms with Gasteiger partial charge in [0, 0.05) is 24.9 Å². The number of carbonyl (C=O) groups is 1. The Morgan fingerprint density at radius 3 is 2.81 bits per heavy atom. The number of nitrogens with zero attached hydrogens (tertiary/aromatic N) is 3. The molecular formula is C14H10FN4O2-. The first-order valence-electron chi connectivity index (χ1n) is 5.91. The van der Waals surface area contributed by atoms with Crippen LogP contribution < -0.4 is 10.4 Å². The van der Waals surface area contributed by atoms with Crippen LogP contribution in [0.25, 0.3) is 0 Å². The molecule has 1 N–H and O–H groups in total. The first-order chi connectivity index (χ1) is 10.1. The van der Waals surface area contributed by atoms with Crippen molar-refractivity contribution in [1.29, 1.82) is 5.26 Å². The number of halogens is 1. The molecule has 1 heterocycles. The molecule has 0 unspecified atom stereocenters. The second kappa shape index (κ2) is 5.98. The number of aromatic nitrogens is 1. The van der Waals surface area contributed by atoms with Gasteiger partial charge in [-0.3, -0.25) is 9.69 Å². The monoisotopic (exact) mass is 285 g/mol. The Kier molecular flexibility index (Phi) is 4.11. The summed E-state index contributed by atoms with van der Waals surface area (Å²) in [5, 5.41) is 19.5. The van der Waals surface area contributed by atoms with E-state index < -0.39 is 5.82 Å². The maximum Gasteiger partial charge on any atom is 0.229 e. The summed E-state index contributed by atoms with van der Waals surface area (Å²) in [6.45, 7) is 1.30. The van der Waals surface area contributed by atoms with Crippen molar-refractivity contribution in [3.63, 3.8) is 0 Å². The van der Waals surface area contributed by atoms with Crippen LogP contribution in [0.15, 0.2) is 36.5 Å². The molecule has 0 atom stereocenters. The summed E-state index contributed by atoms with van der Waals surface area (Å²) in [4.78, 5) is 17.0. The fourth-order valence-corrected chi connectivity index (χ4v) is 1.82. The molecule has 6 nitrogen and oxygen atoms in total. The SMILES string of the molecule is CC(=O)N(c1ccc(F)c(C#N)c1)c1cc(N[O-])ccn1. The number of nitrogens with one attached hydrogen (secondary N) is 1. The standard InChI is InChI=1S/C14H10FN4O2/c1-9(20)19(14-7-11(18-21)4-5-17-14)12-2-3-13(15)10(6-12)8-16/h2-7H,1H3,(H-,17,18,21)/q-1. The lowest BCUT2D eigenvalue weighted by Crippen LogP contribution is -2.24. The number of hydrogen-bond acceptors (Lipinski definition) is 5. The number of pyridine rings is 1. The van der Waals surface area contributed by atoms with Crippen molar-refractivity contribution < 1.29 is 9.18 Å². The van der Waals surface area contributed by atoms with Crippen molar-refractivity contribution in [2.24, 2.45) is 0 Å². The van der Waals surface area contributed by atoms with Gasteiger partial charge in [0.05, 0.1) is 11.3 Å². The van der Waals surface area contributed by atoms with E-state index >= 15 is 0 Å². The normalized spacial score (nSPS) is 9.81. The third-order valence-electron chi connectivity index (χ3n) is 2.74. The fraction of sp³-hybridized carbons (Fsp3) is 0.0714. The Hall–Kier alpha value is -2.98. The van der Waals surface area contributed by atoms with Crippen LogP contribution in [0.5, 0.6) is 0 Å². The zero-order chi connectivity index (χ0) is 15.4. The summed E-state index contributed by atoms with van der Waals surface area (Å²) in [6.07, 6.45) is 1.36. The van der Waals surface area contributed by atoms with Gasteiger partial charge in [0.2, 0.25) is 5.91 Å². The lowest BCUT2D eigenvalue weighted by atomic mass is 10.2. The van der Waals surface area contributed by atoms with Gasteiger partial charge in [-0.15, -0.1) is 0 Å². The molecule has 7 heteroatoms. The van der Waals surface area contributed by atoms with Crippen molar-refractivity contribution in [2.75, 3.05) is 10.4 Å². The highest BCUT2D eigenvalue weighted by molar-refractivity contribution is 5.98. The molecule has 1 amide bonds. The van der Waals surface area contributed by atoms with Crippen LogP contribution in [0.1, 0.15) is 12.5 Å². The van der Waals surface area contributed by atoms with Crippen LogP contribution in [0.2, 0.25) is 0 Å². The van der Waals surface area contributed by atoms with Gasteiger partial charge < -0.3 is 10.7 Å². The maximum atomic E-state index is 13.4. The van der Waals surface area contributed by atoms with Gasteiger partial charge in [-0.05, 0) is 24.3 Å². The van der Waals surface area contributed by atoms with Gasteiger partial charge in [-0.25, -0.2) is 9.37 Å². The Labute approximate surface area is 120 Å². The van der Waals surface area contributed by atoms with E-state index in [9.17, 15) is 14.4 Å². The molecule has 2 rings (SSSR count). The highest BCUT2D eigenvalue weighted by Gasteiger charge is 2.17. The summed E-state index contributed by atoms with van der Waals surface area (Å²) in [5.41, 5.74) is 2.04. The zero-order valence-corrected chi connectivity index (χ0v) is 11.0. The van der Waals surface area contributed by atoms with Crippen molar-refractivity contribution in [3.8, 4) is 6.07 Å². The molecule has 1 aromatic heterocycles. The molecule has 0 saturated carbocycles. The molecule has 106 valence electrons. The van der Waals surface area contributed by atoms with Crippen LogP contribution in [-0.4, -0.2) is 10.9 Å². The van der Waals surface area contributed by atoms with Crippen molar-refractivity contribution in [3.05, 3.63) is 53.1 Å². The van der Waals surface area contributed by atoms with Gasteiger partial charge >= 0.3 is 0 Å². The minimum absolute atomic E-state index is 0.183. The topological polar surface area (TPSA) is 92.1 Å². The average molecular weight is 285 g/mol. The van der Waals surface area contributed by atoms with Crippen molar-refractivity contribution >= 4 is 23.1 Å². The number of hydrogen-bond donors (Lipinski definition) is 1. The lowest BCUT2D eigenvalue weighted by Gasteiger charge is -2.21. The van der Waals surface area contributed by atoms with E-state index in [1.54, 1.807) is 11.5 Å². The van der Waals surface area contributed by atoms with E-state index in [1.807, 2.05) is 0 Å². The summed E-state index contributed by atoms with van der Waals surface area (Å²) in [5.74, 6) is -0.868. The smallest absolute Gasteiger partial charge is 0.229 e. The highest BCUT2D eigenvalue weighted by atomic mass is 19.1. The summed E-state index contributed by atoms with van der Waals surface area (Å²) < 4.78 is 13.4. The van der Waals surface area contributed by atoms with Crippen LogP contribution >= 0.6 is 0 Å². The molecule has 21 heavy (non-hydrogen) atoms. The second-order valence-electron chi connectivity index (χ2n) is 4.14. The van der Waals surface area contributed by atoms with Crippen LogP contribution in [0.3, 0.4) is 0 Å². The number of carbonyl (C=O) groups excluding carboxylic acids is 1. The van der Waals surface area contributed by atoms with Crippen molar-refractivity contribution in [2.45, 2.75) is 6.92 Å². The highest BCUT2D eigenvalue weighted by Crippen LogP contribution is 2.27. The molecule has 0 aliphatic carbocycles. The maximum absolute atomic E-state index is 13.4. The first-order valence-corrected chi connectivity index (χ1v) is 5.91. The molecule has 0 spiro atoms. The minimum Gasteiger partial charge on any atom is -0.761 e. The van der Waals surface area contributed by atoms with E-state index in [-0.39, 0.29) is 28.7 Å². The summed E-state index contributed by atoms with van der Waals surface area (Å²) in [6, 6.07) is 8.23. The molecule has 0 aliphatic heterocycles. The van der Waals surface area contributed by atoms with Crippen molar-refractivity contribution in [1.82, 2.24) is 4.98 Å². The van der Waals surface area contributed by atoms with E-state index in [0.717, 1.165) is 6.07 Å². The molecule has 1 aromatic carbocycles. The predicted molar refractivity (Wildman–Crippen MR) is 75.2 cm³/mol. The molecule has 0 aliphatic rings. The van der Waals surface area contributed by atoms with Crippen LogP contribution in [-0.2, 0) is 4.79 Å². The third kappa shape index (κ3) is 2.96. The van der Waals surface area contributed by atoms with E-state index in [0.29, 0.717) is 0 Å². The second-order valence-corrected chi connectivity index (χ2v) is 4.14. The zero-order valence-electron chi connectivity index (χ0n) is 11.0. The van der Waals surface area contributed by atoms with Gasteiger partial charge in [0.15, 0.2) is 0 Å². The summed E-state index contributed by atoms with van der Waals surface area (Å²) in [7, 11) is 0. The van der Waals surface area contributed by atoms with Crippen LogP contribution in [0.4, 0.5) is 21.6 Å². The molecule has 0 saturated heterocycles. The Morgan fingerprint density at radius 2 is 2.19 bits per heavy atom. The molecule has 2 aromatic rings. The Bertz CT molecular complexity index is 727. The Morgan fingerprint density at radius 1 is 1.43 bits per heavy atom. The number of benzene rings is 1. The average Bonchev–Trinajstić information content (AvgIpc) is 2.49. The van der Waals surface area contributed by atoms with E-state index in [1.165, 1.54) is 42.3 Å². The third-order valence-corrected chi connectivity index (χ3v) is 2.74. The molecule has 0 radical (unpaired) electrons. The molecule has 0 fully saturated rings. The fourth-order valence-electron chi connectivity index (χ4n) is 1.82. The van der Waals surface area contributed by atoms with Gasteiger partial charge in [0.25, 0.3) is 0 Å². The lowest BCUT2D eigenvalue weighted by molar-refractivity contribution is -0.115. The quantitative estimate of drug-likeness (QED) is 0.875. The van der Waals surface area contributed by atoms with Gasteiger partial charge in [-0.2, -0.15) is 5.26 Å². The van der Waals surface area contributed by atoms with Crippen LogP contribution in [0, 0.1) is 22.4 Å². The molecular weight excluding hydrogens is 275 g/mol. The van der Waals surface area contributed by atoms with E-state index in [4.69, 9.17) is 5.26 Å². The number of anilines is 3. The minimum atomic E-state index is -0.673. The summed E-state index contributed by atoms with van der Waals surface area (Å²) >= 11 is 0. The first kappa shape index (κ1) is 14.4. The number of rotatable bonds is 3. The largest absolute Gasteiger partial charge is 0.761 e. The van der Waals surface area contributed by atoms with E-state index in [2.05, 4.69) is 4.98 Å². The van der Waals surface area contributed by atoms with Gasteiger partial charge in [0.1, 0.15) is 17.7 Å². The Balaban J connectivity index is 2.54. The predicted octanol–water partition coefficient (Wildman–Crippen LogP) is 2.69. The number of amides is 1. The number of nitriles is 1.